The van der Waals surface area contributed by atoms with Gasteiger partial charge in [-0.15, -0.1) is 0 Å². The molecule has 0 aliphatic heterocycles. The third kappa shape index (κ3) is 4.89. The SMILES string of the molecule is CC(C)(C)c1ccc(Cc2ccc(-c3ccc(C(C)(C)C)cc3)cc2)cc1. The van der Waals surface area contributed by atoms with Crippen LogP contribution in [0.3, 0.4) is 0 Å². The van der Waals surface area contributed by atoms with E-state index in [2.05, 4.69) is 114 Å². The first-order valence-electron chi connectivity index (χ1n) is 9.92. The van der Waals surface area contributed by atoms with Crippen LogP contribution in [0.15, 0.2) is 72.8 Å². The molecule has 0 bridgehead atoms. The molecule has 0 aromatic heterocycles. The second-order valence-corrected chi connectivity index (χ2v) is 9.65. The molecule has 0 N–H and O–H groups in total. The summed E-state index contributed by atoms with van der Waals surface area (Å²) in [5.41, 5.74) is 8.46. The smallest absolute Gasteiger partial charge is 0.00258 e. The van der Waals surface area contributed by atoms with E-state index >= 15 is 0 Å². The van der Waals surface area contributed by atoms with Crippen LogP contribution in [-0.4, -0.2) is 0 Å². The first kappa shape index (κ1) is 19.4. The van der Waals surface area contributed by atoms with Crippen LogP contribution in [0.2, 0.25) is 0 Å². The van der Waals surface area contributed by atoms with Crippen molar-refractivity contribution < 1.29 is 0 Å². The third-order valence-electron chi connectivity index (χ3n) is 5.27. The Labute approximate surface area is 165 Å². The molecule has 3 aromatic rings. The Bertz CT molecular complexity index is 865. The Morgan fingerprint density at radius 3 is 1.11 bits per heavy atom. The fraction of sp³-hybridized carbons (Fsp3) is 0.333. The van der Waals surface area contributed by atoms with Crippen molar-refractivity contribution in [1.29, 1.82) is 0 Å². The minimum atomic E-state index is 0.199. The van der Waals surface area contributed by atoms with Crippen molar-refractivity contribution >= 4 is 0 Å². The maximum absolute atomic E-state index is 2.26. The molecule has 27 heavy (non-hydrogen) atoms. The van der Waals surface area contributed by atoms with Gasteiger partial charge in [0.15, 0.2) is 0 Å². The molecule has 0 nitrogen and oxygen atoms in total. The number of rotatable bonds is 3. The van der Waals surface area contributed by atoms with Crippen LogP contribution in [0.5, 0.6) is 0 Å². The van der Waals surface area contributed by atoms with Crippen LogP contribution in [0.4, 0.5) is 0 Å². The molecule has 0 unspecified atom stereocenters. The lowest BCUT2D eigenvalue weighted by atomic mass is 9.86. The highest BCUT2D eigenvalue weighted by Gasteiger charge is 2.14. The van der Waals surface area contributed by atoms with Crippen LogP contribution in [0, 0.1) is 0 Å². The summed E-state index contributed by atoms with van der Waals surface area (Å²) in [6.07, 6.45) is 0.980. The predicted molar refractivity (Wildman–Crippen MR) is 119 cm³/mol. The summed E-state index contributed by atoms with van der Waals surface area (Å²) in [6.45, 7) is 13.5. The standard InChI is InChI=1S/C27H32/c1-26(2,3)24-15-9-21(10-16-24)19-20-7-11-22(12-8-20)23-13-17-25(18-14-23)27(4,5)6/h7-18H,19H2,1-6H3. The van der Waals surface area contributed by atoms with E-state index in [1.807, 2.05) is 0 Å². The molecule has 140 valence electrons. The van der Waals surface area contributed by atoms with Crippen molar-refractivity contribution in [3.8, 4) is 11.1 Å². The zero-order valence-corrected chi connectivity index (χ0v) is 17.6. The topological polar surface area (TPSA) is 0 Å². The fourth-order valence-electron chi connectivity index (χ4n) is 3.34. The molecule has 0 saturated carbocycles. The Kier molecular flexibility index (Phi) is 5.29. The van der Waals surface area contributed by atoms with E-state index in [0.717, 1.165) is 6.42 Å². The molecule has 0 aliphatic rings. The molecule has 0 heteroatoms. The Balaban J connectivity index is 1.72. The van der Waals surface area contributed by atoms with Crippen molar-refractivity contribution in [1.82, 2.24) is 0 Å². The molecule has 0 amide bonds. The van der Waals surface area contributed by atoms with E-state index < -0.39 is 0 Å². The highest BCUT2D eigenvalue weighted by atomic mass is 14.2. The van der Waals surface area contributed by atoms with Gasteiger partial charge >= 0.3 is 0 Å². The monoisotopic (exact) mass is 356 g/mol. The summed E-state index contributed by atoms with van der Waals surface area (Å²) in [4.78, 5) is 0. The van der Waals surface area contributed by atoms with Gasteiger partial charge in [-0.25, -0.2) is 0 Å². The molecule has 0 heterocycles. The number of benzene rings is 3. The Morgan fingerprint density at radius 2 is 0.741 bits per heavy atom. The highest BCUT2D eigenvalue weighted by molar-refractivity contribution is 5.64. The van der Waals surface area contributed by atoms with Gasteiger partial charge in [0.1, 0.15) is 0 Å². The number of hydrogen-bond donors (Lipinski definition) is 0. The van der Waals surface area contributed by atoms with Gasteiger partial charge in [0, 0.05) is 0 Å². The summed E-state index contributed by atoms with van der Waals surface area (Å²) in [6, 6.07) is 27.0. The Morgan fingerprint density at radius 1 is 0.444 bits per heavy atom. The predicted octanol–water partition coefficient (Wildman–Crippen LogP) is 7.54. The van der Waals surface area contributed by atoms with Gasteiger partial charge in [-0.2, -0.15) is 0 Å². The molecule has 3 aromatic carbocycles. The fourth-order valence-corrected chi connectivity index (χ4v) is 3.34. The van der Waals surface area contributed by atoms with Gasteiger partial charge in [0.2, 0.25) is 0 Å². The average Bonchev–Trinajstić information content (AvgIpc) is 2.61. The maximum Gasteiger partial charge on any atom is -0.00258 e. The van der Waals surface area contributed by atoms with Crippen LogP contribution >= 0.6 is 0 Å². The third-order valence-corrected chi connectivity index (χ3v) is 5.27. The van der Waals surface area contributed by atoms with Crippen molar-refractivity contribution in [3.05, 3.63) is 95.1 Å². The molecule has 0 aliphatic carbocycles. The molecular formula is C27H32. The van der Waals surface area contributed by atoms with Gasteiger partial charge < -0.3 is 0 Å². The summed E-state index contributed by atoms with van der Waals surface area (Å²) in [7, 11) is 0. The van der Waals surface area contributed by atoms with E-state index in [-0.39, 0.29) is 10.8 Å². The summed E-state index contributed by atoms with van der Waals surface area (Å²) < 4.78 is 0. The quantitative estimate of drug-likeness (QED) is 0.455. The van der Waals surface area contributed by atoms with Crippen LogP contribution < -0.4 is 0 Å². The van der Waals surface area contributed by atoms with E-state index in [4.69, 9.17) is 0 Å². The average molecular weight is 357 g/mol. The van der Waals surface area contributed by atoms with E-state index in [9.17, 15) is 0 Å². The Hall–Kier alpha value is -2.34. The van der Waals surface area contributed by atoms with Gasteiger partial charge in [-0.05, 0) is 50.6 Å². The minimum Gasteiger partial charge on any atom is -0.0584 e. The van der Waals surface area contributed by atoms with Gasteiger partial charge in [0.05, 0.1) is 0 Å². The van der Waals surface area contributed by atoms with Gasteiger partial charge in [-0.3, -0.25) is 0 Å². The molecule has 0 saturated heterocycles. The summed E-state index contributed by atoms with van der Waals surface area (Å²) >= 11 is 0. The second kappa shape index (κ2) is 7.35. The van der Waals surface area contributed by atoms with Crippen molar-refractivity contribution in [3.63, 3.8) is 0 Å². The molecule has 0 radical (unpaired) electrons. The van der Waals surface area contributed by atoms with Crippen LogP contribution in [0.25, 0.3) is 11.1 Å². The van der Waals surface area contributed by atoms with Crippen molar-refractivity contribution in [2.24, 2.45) is 0 Å². The van der Waals surface area contributed by atoms with Gasteiger partial charge in [0.25, 0.3) is 0 Å². The zero-order chi connectivity index (χ0) is 19.7. The van der Waals surface area contributed by atoms with Crippen LogP contribution in [-0.2, 0) is 17.3 Å². The first-order valence-corrected chi connectivity index (χ1v) is 9.92. The summed E-state index contributed by atoms with van der Waals surface area (Å²) in [5.74, 6) is 0. The lowest BCUT2D eigenvalue weighted by Gasteiger charge is -2.19. The van der Waals surface area contributed by atoms with Crippen LogP contribution in [0.1, 0.15) is 63.8 Å². The zero-order valence-electron chi connectivity index (χ0n) is 17.6. The van der Waals surface area contributed by atoms with Crippen molar-refractivity contribution in [2.75, 3.05) is 0 Å². The van der Waals surface area contributed by atoms with E-state index in [1.165, 1.54) is 33.4 Å². The number of hydrogen-bond acceptors (Lipinski definition) is 0. The normalized spacial score (nSPS) is 12.2. The van der Waals surface area contributed by atoms with Crippen molar-refractivity contribution in [2.45, 2.75) is 58.8 Å². The highest BCUT2D eigenvalue weighted by Crippen LogP contribution is 2.27. The van der Waals surface area contributed by atoms with E-state index in [0.29, 0.717) is 0 Å². The molecular weight excluding hydrogens is 324 g/mol. The van der Waals surface area contributed by atoms with E-state index in [1.54, 1.807) is 0 Å². The largest absolute Gasteiger partial charge is 0.0584 e. The molecule has 0 fully saturated rings. The molecule has 3 rings (SSSR count). The lowest BCUT2D eigenvalue weighted by molar-refractivity contribution is 0.590. The van der Waals surface area contributed by atoms with Gasteiger partial charge in [-0.1, -0.05) is 114 Å². The second-order valence-electron chi connectivity index (χ2n) is 9.65. The molecule has 0 atom stereocenters. The minimum absolute atomic E-state index is 0.199. The lowest BCUT2D eigenvalue weighted by Crippen LogP contribution is -2.10. The molecule has 0 spiro atoms. The maximum atomic E-state index is 2.26. The first-order chi connectivity index (χ1) is 12.6. The summed E-state index contributed by atoms with van der Waals surface area (Å²) in [5, 5.41) is 0.